The van der Waals surface area contributed by atoms with Crippen molar-refractivity contribution in [2.45, 2.75) is 45.1 Å². The summed E-state index contributed by atoms with van der Waals surface area (Å²) in [6.45, 7) is 2.32. The van der Waals surface area contributed by atoms with Gasteiger partial charge in [-0.3, -0.25) is 0 Å². The lowest BCUT2D eigenvalue weighted by atomic mass is 9.83. The fourth-order valence-electron chi connectivity index (χ4n) is 3.38. The molecule has 0 bridgehead atoms. The second-order valence-electron chi connectivity index (χ2n) is 5.77. The van der Waals surface area contributed by atoms with Gasteiger partial charge in [0.1, 0.15) is 0 Å². The lowest BCUT2D eigenvalue weighted by Crippen LogP contribution is -2.31. The summed E-state index contributed by atoms with van der Waals surface area (Å²) in [6.07, 6.45) is 6.80. The first-order valence-electron chi connectivity index (χ1n) is 7.62. The zero-order valence-electron chi connectivity index (χ0n) is 11.7. The largest absolute Gasteiger partial charge is 0.382 e. The molecular weight excluding hydrogens is 230 g/mol. The van der Waals surface area contributed by atoms with Gasteiger partial charge in [0.15, 0.2) is 0 Å². The Bertz CT molecular complexity index is 546. The maximum Gasteiger partial charge on any atom is 0.0348 e. The Morgan fingerprint density at radius 3 is 2.63 bits per heavy atom. The maximum absolute atomic E-state index is 3.77. The first-order valence-corrected chi connectivity index (χ1v) is 7.62. The molecule has 2 aromatic carbocycles. The van der Waals surface area contributed by atoms with Crippen LogP contribution in [0.25, 0.3) is 10.8 Å². The maximum atomic E-state index is 3.77. The van der Waals surface area contributed by atoms with E-state index in [4.69, 9.17) is 0 Å². The van der Waals surface area contributed by atoms with Crippen molar-refractivity contribution in [2.24, 2.45) is 5.92 Å². The third-order valence-electron chi connectivity index (χ3n) is 4.53. The summed E-state index contributed by atoms with van der Waals surface area (Å²) in [6, 6.07) is 16.0. The molecular formula is C18H23N. The molecule has 1 saturated carbocycles. The summed E-state index contributed by atoms with van der Waals surface area (Å²) in [5, 5.41) is 6.43. The van der Waals surface area contributed by atoms with Crippen LogP contribution in [0.1, 0.15) is 39.0 Å². The Morgan fingerprint density at radius 2 is 1.79 bits per heavy atom. The highest BCUT2D eigenvalue weighted by atomic mass is 14.9. The highest BCUT2D eigenvalue weighted by Gasteiger charge is 2.23. The van der Waals surface area contributed by atoms with Crippen LogP contribution in [0.15, 0.2) is 42.5 Å². The van der Waals surface area contributed by atoms with E-state index in [2.05, 4.69) is 54.7 Å². The third kappa shape index (κ3) is 2.75. The van der Waals surface area contributed by atoms with Gasteiger partial charge < -0.3 is 5.32 Å². The average molecular weight is 253 g/mol. The molecule has 1 fully saturated rings. The topological polar surface area (TPSA) is 12.0 Å². The molecule has 0 amide bonds. The number of hydrogen-bond acceptors (Lipinski definition) is 1. The molecule has 0 aromatic heterocycles. The minimum Gasteiger partial charge on any atom is -0.382 e. The Kier molecular flexibility index (Phi) is 3.72. The van der Waals surface area contributed by atoms with Crippen LogP contribution in [0.5, 0.6) is 0 Å². The SMILES string of the molecule is CCC1CCCCC1Nc1ccc2ccccc2c1. The van der Waals surface area contributed by atoms with Crippen molar-refractivity contribution in [1.29, 1.82) is 0 Å². The van der Waals surface area contributed by atoms with E-state index in [0.717, 1.165) is 5.92 Å². The van der Waals surface area contributed by atoms with Gasteiger partial charge in [0.2, 0.25) is 0 Å². The fraction of sp³-hybridized carbons (Fsp3) is 0.444. The van der Waals surface area contributed by atoms with E-state index in [-0.39, 0.29) is 0 Å². The molecule has 0 saturated heterocycles. The number of benzene rings is 2. The molecule has 1 N–H and O–H groups in total. The minimum atomic E-state index is 0.667. The lowest BCUT2D eigenvalue weighted by Gasteiger charge is -2.32. The Morgan fingerprint density at radius 1 is 1.00 bits per heavy atom. The number of hydrogen-bond donors (Lipinski definition) is 1. The standard InChI is InChI=1S/C18H23N/c1-2-14-7-5-6-10-18(14)19-17-12-11-15-8-3-4-9-16(15)13-17/h3-4,8-9,11-14,18-19H,2,5-7,10H2,1H3. The van der Waals surface area contributed by atoms with Gasteiger partial charge >= 0.3 is 0 Å². The first kappa shape index (κ1) is 12.5. The van der Waals surface area contributed by atoms with Crippen molar-refractivity contribution in [2.75, 3.05) is 5.32 Å². The van der Waals surface area contributed by atoms with E-state index >= 15 is 0 Å². The smallest absolute Gasteiger partial charge is 0.0348 e. The van der Waals surface area contributed by atoms with Crippen LogP contribution in [0.4, 0.5) is 5.69 Å². The summed E-state index contributed by atoms with van der Waals surface area (Å²) in [5.41, 5.74) is 1.28. The average Bonchev–Trinajstić information content (AvgIpc) is 2.48. The number of rotatable bonds is 3. The molecule has 2 aromatic rings. The molecule has 100 valence electrons. The molecule has 1 heteroatoms. The molecule has 3 rings (SSSR count). The monoisotopic (exact) mass is 253 g/mol. The molecule has 0 radical (unpaired) electrons. The van der Waals surface area contributed by atoms with E-state index in [1.165, 1.54) is 48.6 Å². The lowest BCUT2D eigenvalue weighted by molar-refractivity contribution is 0.317. The zero-order chi connectivity index (χ0) is 13.1. The normalized spacial score (nSPS) is 23.4. The van der Waals surface area contributed by atoms with Gasteiger partial charge in [-0.05, 0) is 41.7 Å². The van der Waals surface area contributed by atoms with Crippen molar-refractivity contribution >= 4 is 16.5 Å². The summed E-state index contributed by atoms with van der Waals surface area (Å²) >= 11 is 0. The van der Waals surface area contributed by atoms with Crippen LogP contribution in [-0.2, 0) is 0 Å². The molecule has 2 atom stereocenters. The fourth-order valence-corrected chi connectivity index (χ4v) is 3.38. The van der Waals surface area contributed by atoms with Gasteiger partial charge in [0.25, 0.3) is 0 Å². The Labute approximate surface area is 116 Å². The van der Waals surface area contributed by atoms with Crippen LogP contribution >= 0.6 is 0 Å². The molecule has 2 unspecified atom stereocenters. The van der Waals surface area contributed by atoms with Crippen LogP contribution in [0.3, 0.4) is 0 Å². The van der Waals surface area contributed by atoms with Crippen molar-refractivity contribution in [3.8, 4) is 0 Å². The van der Waals surface area contributed by atoms with Crippen molar-refractivity contribution < 1.29 is 0 Å². The predicted molar refractivity (Wildman–Crippen MR) is 83.6 cm³/mol. The van der Waals surface area contributed by atoms with E-state index in [1.807, 2.05) is 0 Å². The minimum absolute atomic E-state index is 0.667. The molecule has 19 heavy (non-hydrogen) atoms. The van der Waals surface area contributed by atoms with Gasteiger partial charge in [-0.25, -0.2) is 0 Å². The summed E-state index contributed by atoms with van der Waals surface area (Å²) < 4.78 is 0. The van der Waals surface area contributed by atoms with E-state index in [9.17, 15) is 0 Å². The van der Waals surface area contributed by atoms with Gasteiger partial charge in [-0.1, -0.05) is 56.5 Å². The van der Waals surface area contributed by atoms with Crippen molar-refractivity contribution in [3.05, 3.63) is 42.5 Å². The second-order valence-corrected chi connectivity index (χ2v) is 5.77. The molecule has 1 aliphatic carbocycles. The van der Waals surface area contributed by atoms with Crippen LogP contribution in [-0.4, -0.2) is 6.04 Å². The number of fused-ring (bicyclic) bond motifs is 1. The zero-order valence-corrected chi connectivity index (χ0v) is 11.7. The predicted octanol–water partition coefficient (Wildman–Crippen LogP) is 5.22. The third-order valence-corrected chi connectivity index (χ3v) is 4.53. The van der Waals surface area contributed by atoms with E-state index in [1.54, 1.807) is 0 Å². The number of anilines is 1. The van der Waals surface area contributed by atoms with E-state index in [0.29, 0.717) is 6.04 Å². The van der Waals surface area contributed by atoms with Gasteiger partial charge in [0, 0.05) is 11.7 Å². The Balaban J connectivity index is 1.80. The summed E-state index contributed by atoms with van der Waals surface area (Å²) in [7, 11) is 0. The van der Waals surface area contributed by atoms with Crippen LogP contribution < -0.4 is 5.32 Å². The highest BCUT2D eigenvalue weighted by molar-refractivity contribution is 5.85. The Hall–Kier alpha value is -1.50. The van der Waals surface area contributed by atoms with Crippen molar-refractivity contribution in [1.82, 2.24) is 0 Å². The highest BCUT2D eigenvalue weighted by Crippen LogP contribution is 2.30. The first-order chi connectivity index (χ1) is 9.36. The second kappa shape index (κ2) is 5.64. The molecule has 0 aliphatic heterocycles. The molecule has 1 nitrogen and oxygen atoms in total. The van der Waals surface area contributed by atoms with Crippen LogP contribution in [0, 0.1) is 5.92 Å². The van der Waals surface area contributed by atoms with Gasteiger partial charge in [-0.2, -0.15) is 0 Å². The summed E-state index contributed by atoms with van der Waals surface area (Å²) in [5.74, 6) is 0.847. The van der Waals surface area contributed by atoms with Gasteiger partial charge in [-0.15, -0.1) is 0 Å². The molecule has 0 spiro atoms. The van der Waals surface area contributed by atoms with E-state index < -0.39 is 0 Å². The van der Waals surface area contributed by atoms with Gasteiger partial charge in [0.05, 0.1) is 0 Å². The van der Waals surface area contributed by atoms with Crippen molar-refractivity contribution in [3.63, 3.8) is 0 Å². The molecule has 1 aliphatic rings. The molecule has 0 heterocycles. The number of nitrogens with one attached hydrogen (secondary N) is 1. The van der Waals surface area contributed by atoms with Crippen LogP contribution in [0.2, 0.25) is 0 Å². The summed E-state index contributed by atoms with van der Waals surface area (Å²) in [4.78, 5) is 0. The quantitative estimate of drug-likeness (QED) is 0.790.